The molecule has 0 aromatic heterocycles. The van der Waals surface area contributed by atoms with Crippen LogP contribution in [0.3, 0.4) is 0 Å². The van der Waals surface area contributed by atoms with Crippen molar-refractivity contribution in [2.45, 2.75) is 18.4 Å². The quantitative estimate of drug-likeness (QED) is 0.527. The number of anilines is 1. The Balaban J connectivity index is 1.86. The van der Waals surface area contributed by atoms with Crippen LogP contribution in [0.5, 0.6) is 0 Å². The monoisotopic (exact) mass is 452 g/mol. The number of esters is 1. The van der Waals surface area contributed by atoms with Crippen molar-refractivity contribution in [2.75, 3.05) is 18.4 Å². The molecular weight excluding hydrogens is 428 g/mol. The molecule has 1 amide bonds. The average molecular weight is 453 g/mol. The number of sulfonamides is 1. The summed E-state index contributed by atoms with van der Waals surface area (Å²) in [5.41, 5.74) is 2.40. The van der Waals surface area contributed by atoms with Crippen molar-refractivity contribution >= 4 is 27.6 Å². The maximum Gasteiger partial charge on any atom is 0.325 e. The van der Waals surface area contributed by atoms with Crippen molar-refractivity contribution in [2.24, 2.45) is 0 Å². The smallest absolute Gasteiger partial charge is 0.325 e. The van der Waals surface area contributed by atoms with E-state index >= 15 is 0 Å². The predicted octanol–water partition coefficient (Wildman–Crippen LogP) is 3.61. The Hall–Kier alpha value is -3.65. The lowest BCUT2D eigenvalue weighted by molar-refractivity contribution is -0.141. The van der Waals surface area contributed by atoms with Crippen LogP contribution >= 0.6 is 0 Å². The summed E-state index contributed by atoms with van der Waals surface area (Å²) in [7, 11) is -2.66. The molecular formula is C24H24N2O5S. The summed E-state index contributed by atoms with van der Waals surface area (Å²) in [6, 6.07) is 21.8. The van der Waals surface area contributed by atoms with Gasteiger partial charge in [0.25, 0.3) is 15.9 Å². The highest BCUT2D eigenvalue weighted by molar-refractivity contribution is 7.92. The molecule has 1 N–H and O–H groups in total. The number of carbonyl (C=O) groups excluding carboxylic acids is 2. The van der Waals surface area contributed by atoms with E-state index < -0.39 is 21.9 Å². The summed E-state index contributed by atoms with van der Waals surface area (Å²) in [5, 5.41) is 0. The maximum absolute atomic E-state index is 13.2. The number of hydrogen-bond acceptors (Lipinski definition) is 5. The Kier molecular flexibility index (Phi) is 7.27. The summed E-state index contributed by atoms with van der Waals surface area (Å²) >= 11 is 0. The lowest BCUT2D eigenvalue weighted by Gasteiger charge is -2.22. The average Bonchev–Trinajstić information content (AvgIpc) is 2.80. The van der Waals surface area contributed by atoms with Crippen LogP contribution in [-0.4, -0.2) is 38.8 Å². The maximum atomic E-state index is 13.2. The molecule has 8 heteroatoms. The zero-order valence-electron chi connectivity index (χ0n) is 17.8. The highest BCUT2D eigenvalue weighted by Gasteiger charge is 2.22. The number of ether oxygens (including phenoxy) is 1. The van der Waals surface area contributed by atoms with E-state index in [9.17, 15) is 18.0 Å². The minimum absolute atomic E-state index is 0.0540. The van der Waals surface area contributed by atoms with E-state index in [-0.39, 0.29) is 23.5 Å². The van der Waals surface area contributed by atoms with Gasteiger partial charge in [0, 0.05) is 17.8 Å². The third-order valence-corrected chi connectivity index (χ3v) is 6.13. The highest BCUT2D eigenvalue weighted by atomic mass is 32.2. The van der Waals surface area contributed by atoms with Gasteiger partial charge in [-0.1, -0.05) is 54.1 Å². The normalized spacial score (nSPS) is 10.9. The lowest BCUT2D eigenvalue weighted by atomic mass is 10.1. The van der Waals surface area contributed by atoms with Crippen molar-refractivity contribution in [3.63, 3.8) is 0 Å². The Morgan fingerprint density at radius 2 is 1.62 bits per heavy atom. The number of aryl methyl sites for hydroxylation is 1. The molecule has 0 bridgehead atoms. The molecule has 0 radical (unpaired) electrons. The van der Waals surface area contributed by atoms with Crippen LogP contribution in [0.15, 0.2) is 83.8 Å². The topological polar surface area (TPSA) is 92.8 Å². The summed E-state index contributed by atoms with van der Waals surface area (Å²) in [5.74, 6) is -1.05. The van der Waals surface area contributed by atoms with Gasteiger partial charge < -0.3 is 9.64 Å². The molecule has 3 aromatic rings. The molecule has 0 aliphatic rings. The number of amides is 1. The van der Waals surface area contributed by atoms with Gasteiger partial charge in [-0.05, 0) is 42.8 Å². The van der Waals surface area contributed by atoms with Crippen LogP contribution in [0.2, 0.25) is 0 Å². The Bertz CT molecular complexity index is 1190. The number of benzene rings is 3. The molecule has 0 saturated heterocycles. The molecule has 3 rings (SSSR count). The molecule has 0 fully saturated rings. The zero-order chi connectivity index (χ0) is 23.1. The molecule has 32 heavy (non-hydrogen) atoms. The zero-order valence-corrected chi connectivity index (χ0v) is 18.6. The number of nitrogens with one attached hydrogen (secondary N) is 1. The van der Waals surface area contributed by atoms with Gasteiger partial charge >= 0.3 is 5.97 Å². The Morgan fingerprint density at radius 3 is 2.28 bits per heavy atom. The van der Waals surface area contributed by atoms with E-state index in [0.29, 0.717) is 5.69 Å². The molecule has 7 nitrogen and oxygen atoms in total. The number of nitrogens with zero attached hydrogens (tertiary/aromatic N) is 1. The van der Waals surface area contributed by atoms with E-state index in [2.05, 4.69) is 4.72 Å². The highest BCUT2D eigenvalue weighted by Crippen LogP contribution is 2.19. The van der Waals surface area contributed by atoms with Gasteiger partial charge in [0.05, 0.1) is 12.0 Å². The second-order valence-corrected chi connectivity index (χ2v) is 8.90. The van der Waals surface area contributed by atoms with Crippen molar-refractivity contribution in [1.82, 2.24) is 4.90 Å². The first kappa shape index (κ1) is 23.0. The second-order valence-electron chi connectivity index (χ2n) is 7.22. The fraction of sp³-hybridized carbons (Fsp3) is 0.167. The molecule has 0 saturated carbocycles. The molecule has 0 aliphatic carbocycles. The molecule has 0 unspecified atom stereocenters. The van der Waals surface area contributed by atoms with E-state index in [1.807, 2.05) is 37.3 Å². The van der Waals surface area contributed by atoms with Gasteiger partial charge in [0.1, 0.15) is 6.54 Å². The number of carbonyl (C=O) groups is 2. The van der Waals surface area contributed by atoms with Gasteiger partial charge in [-0.2, -0.15) is 0 Å². The second kappa shape index (κ2) is 10.1. The van der Waals surface area contributed by atoms with E-state index in [4.69, 9.17) is 4.74 Å². The molecule has 3 aromatic carbocycles. The van der Waals surface area contributed by atoms with Crippen LogP contribution < -0.4 is 4.72 Å². The van der Waals surface area contributed by atoms with Gasteiger partial charge in [-0.3, -0.25) is 14.3 Å². The molecule has 166 valence electrons. The van der Waals surface area contributed by atoms with Crippen LogP contribution in [0.1, 0.15) is 21.5 Å². The number of hydrogen-bond donors (Lipinski definition) is 1. The van der Waals surface area contributed by atoms with Gasteiger partial charge in [-0.15, -0.1) is 0 Å². The van der Waals surface area contributed by atoms with Crippen molar-refractivity contribution in [1.29, 1.82) is 0 Å². The largest absolute Gasteiger partial charge is 0.468 e. The minimum Gasteiger partial charge on any atom is -0.468 e. The van der Waals surface area contributed by atoms with Crippen molar-refractivity contribution in [3.8, 4) is 0 Å². The minimum atomic E-state index is -3.91. The van der Waals surface area contributed by atoms with Gasteiger partial charge in [-0.25, -0.2) is 8.42 Å². The standard InChI is InChI=1S/C24H24N2O5S/c1-18-11-13-21(14-12-18)25-32(29,30)22-10-6-9-20(15-22)24(28)26(17-23(27)31-2)16-19-7-4-3-5-8-19/h3-15,25H,16-17H2,1-2H3. The van der Waals surface area contributed by atoms with Crippen molar-refractivity contribution in [3.05, 3.63) is 95.6 Å². The Labute approximate surface area is 187 Å². The molecule has 0 atom stereocenters. The van der Waals surface area contributed by atoms with Crippen LogP contribution in [0.4, 0.5) is 5.69 Å². The summed E-state index contributed by atoms with van der Waals surface area (Å²) in [6.07, 6.45) is 0. The first-order valence-corrected chi connectivity index (χ1v) is 11.4. The van der Waals surface area contributed by atoms with Crippen LogP contribution in [-0.2, 0) is 26.1 Å². The Morgan fingerprint density at radius 1 is 0.938 bits per heavy atom. The lowest BCUT2D eigenvalue weighted by Crippen LogP contribution is -2.35. The fourth-order valence-electron chi connectivity index (χ4n) is 3.04. The summed E-state index contributed by atoms with van der Waals surface area (Å²) in [4.78, 5) is 26.3. The van der Waals surface area contributed by atoms with Gasteiger partial charge in [0.15, 0.2) is 0 Å². The molecule has 0 aliphatic heterocycles. The van der Waals surface area contributed by atoms with Gasteiger partial charge in [0.2, 0.25) is 0 Å². The number of methoxy groups -OCH3 is 1. The van der Waals surface area contributed by atoms with E-state index in [1.165, 1.54) is 36.3 Å². The third kappa shape index (κ3) is 5.95. The fourth-order valence-corrected chi connectivity index (χ4v) is 4.14. The molecule has 0 heterocycles. The first-order chi connectivity index (χ1) is 15.3. The summed E-state index contributed by atoms with van der Waals surface area (Å²) in [6.45, 7) is 1.82. The predicted molar refractivity (Wildman–Crippen MR) is 122 cm³/mol. The SMILES string of the molecule is COC(=O)CN(Cc1ccccc1)C(=O)c1cccc(S(=O)(=O)Nc2ccc(C)cc2)c1. The van der Waals surface area contributed by atoms with E-state index in [0.717, 1.165) is 11.1 Å². The third-order valence-electron chi connectivity index (χ3n) is 4.75. The van der Waals surface area contributed by atoms with Crippen LogP contribution in [0, 0.1) is 6.92 Å². The van der Waals surface area contributed by atoms with Crippen molar-refractivity contribution < 1.29 is 22.7 Å². The molecule has 0 spiro atoms. The number of rotatable bonds is 8. The van der Waals surface area contributed by atoms with Crippen LogP contribution in [0.25, 0.3) is 0 Å². The summed E-state index contributed by atoms with van der Waals surface area (Å²) < 4.78 is 32.9. The van der Waals surface area contributed by atoms with E-state index in [1.54, 1.807) is 24.3 Å². The first-order valence-electron chi connectivity index (χ1n) is 9.88.